The number of pyridine rings is 1. The van der Waals surface area contributed by atoms with Crippen LogP contribution in [0.3, 0.4) is 0 Å². The van der Waals surface area contributed by atoms with E-state index in [0.717, 1.165) is 22.8 Å². The molecule has 8 heteroatoms. The normalized spacial score (nSPS) is 13.0. The van der Waals surface area contributed by atoms with Gasteiger partial charge in [-0.1, -0.05) is 30.3 Å². The number of anilines is 2. The molecular formula is C22H24N6O2. The van der Waals surface area contributed by atoms with Crippen LogP contribution < -0.4 is 15.5 Å². The summed E-state index contributed by atoms with van der Waals surface area (Å²) in [5, 5.41) is 5.91. The number of aryl methyl sites for hydroxylation is 1. The van der Waals surface area contributed by atoms with Crippen LogP contribution in [0.2, 0.25) is 0 Å². The number of amides is 2. The molecule has 30 heavy (non-hydrogen) atoms. The van der Waals surface area contributed by atoms with Gasteiger partial charge in [-0.2, -0.15) is 0 Å². The van der Waals surface area contributed by atoms with E-state index in [4.69, 9.17) is 0 Å². The zero-order chi connectivity index (χ0) is 21.3. The molecule has 0 radical (unpaired) electrons. The van der Waals surface area contributed by atoms with Gasteiger partial charge in [0.2, 0.25) is 5.91 Å². The van der Waals surface area contributed by atoms with Crippen molar-refractivity contribution >= 4 is 23.3 Å². The predicted octanol–water partition coefficient (Wildman–Crippen LogP) is 2.32. The molecule has 2 N–H and O–H groups in total. The SMILES string of the molecule is Cc1nc(CNC(=O)c2cnc3c(c2)N(Cc2ccccc2)C(=O)CN3)n(C)c1C. The highest BCUT2D eigenvalue weighted by Crippen LogP contribution is 2.29. The van der Waals surface area contributed by atoms with Gasteiger partial charge in [0, 0.05) is 18.9 Å². The number of rotatable bonds is 5. The van der Waals surface area contributed by atoms with Crippen LogP contribution >= 0.6 is 0 Å². The molecule has 0 unspecified atom stereocenters. The molecule has 4 rings (SSSR count). The lowest BCUT2D eigenvalue weighted by Crippen LogP contribution is -2.40. The van der Waals surface area contributed by atoms with Gasteiger partial charge >= 0.3 is 0 Å². The first kappa shape index (κ1) is 19.6. The van der Waals surface area contributed by atoms with Crippen molar-refractivity contribution in [2.75, 3.05) is 16.8 Å². The molecule has 0 fully saturated rings. The molecule has 3 heterocycles. The fourth-order valence-electron chi connectivity index (χ4n) is 3.45. The minimum Gasteiger partial charge on any atom is -0.359 e. The van der Waals surface area contributed by atoms with E-state index in [0.29, 0.717) is 30.2 Å². The number of carbonyl (C=O) groups is 2. The maximum absolute atomic E-state index is 12.7. The first-order chi connectivity index (χ1) is 14.4. The lowest BCUT2D eigenvalue weighted by molar-refractivity contribution is -0.117. The third kappa shape index (κ3) is 3.76. The van der Waals surface area contributed by atoms with E-state index in [1.807, 2.05) is 55.8 Å². The van der Waals surface area contributed by atoms with Gasteiger partial charge in [-0.05, 0) is 25.5 Å². The quantitative estimate of drug-likeness (QED) is 0.681. The van der Waals surface area contributed by atoms with Gasteiger partial charge in [-0.25, -0.2) is 9.97 Å². The van der Waals surface area contributed by atoms with E-state index in [1.165, 1.54) is 6.20 Å². The predicted molar refractivity (Wildman–Crippen MR) is 114 cm³/mol. The van der Waals surface area contributed by atoms with Crippen molar-refractivity contribution in [1.82, 2.24) is 19.9 Å². The summed E-state index contributed by atoms with van der Waals surface area (Å²) in [6.07, 6.45) is 1.52. The standard InChI is InChI=1S/C22H24N6O2/c1-14-15(2)27(3)19(26-14)11-25-22(30)17-9-18-21(23-10-17)24-12-20(29)28(18)13-16-7-5-4-6-8-16/h4-10H,11-13H2,1-3H3,(H,23,24)(H,25,30). The molecule has 0 saturated carbocycles. The molecule has 0 spiro atoms. The molecule has 0 aliphatic carbocycles. The summed E-state index contributed by atoms with van der Waals surface area (Å²) in [6, 6.07) is 11.5. The van der Waals surface area contributed by atoms with Crippen molar-refractivity contribution in [3.63, 3.8) is 0 Å². The Morgan fingerprint density at radius 3 is 2.70 bits per heavy atom. The third-order valence-electron chi connectivity index (χ3n) is 5.43. The fraction of sp³-hybridized carbons (Fsp3) is 0.273. The Morgan fingerprint density at radius 2 is 2.00 bits per heavy atom. The van der Waals surface area contributed by atoms with Crippen LogP contribution in [-0.2, 0) is 24.9 Å². The summed E-state index contributed by atoms with van der Waals surface area (Å²) in [7, 11) is 1.93. The summed E-state index contributed by atoms with van der Waals surface area (Å²) in [4.78, 5) is 35.8. The zero-order valence-corrected chi connectivity index (χ0v) is 17.3. The molecule has 0 bridgehead atoms. The summed E-state index contributed by atoms with van der Waals surface area (Å²) in [5.41, 5.74) is 4.01. The highest BCUT2D eigenvalue weighted by Gasteiger charge is 2.26. The van der Waals surface area contributed by atoms with Gasteiger partial charge in [0.25, 0.3) is 5.91 Å². The molecule has 2 amide bonds. The van der Waals surface area contributed by atoms with E-state index >= 15 is 0 Å². The molecule has 1 aliphatic heterocycles. The fourth-order valence-corrected chi connectivity index (χ4v) is 3.45. The minimum absolute atomic E-state index is 0.0651. The number of fused-ring (bicyclic) bond motifs is 1. The summed E-state index contributed by atoms with van der Waals surface area (Å²) in [5.74, 6) is 1.05. The number of aromatic nitrogens is 3. The molecule has 0 atom stereocenters. The maximum atomic E-state index is 12.7. The Bertz CT molecular complexity index is 1110. The Balaban J connectivity index is 1.55. The Labute approximate surface area is 175 Å². The second-order valence-corrected chi connectivity index (χ2v) is 7.35. The van der Waals surface area contributed by atoms with Crippen molar-refractivity contribution < 1.29 is 9.59 Å². The van der Waals surface area contributed by atoms with Crippen LogP contribution in [0.15, 0.2) is 42.6 Å². The number of hydrogen-bond acceptors (Lipinski definition) is 5. The average Bonchev–Trinajstić information content (AvgIpc) is 3.01. The maximum Gasteiger partial charge on any atom is 0.253 e. The Hall–Kier alpha value is -3.68. The lowest BCUT2D eigenvalue weighted by atomic mass is 10.1. The smallest absolute Gasteiger partial charge is 0.253 e. The van der Waals surface area contributed by atoms with Crippen molar-refractivity contribution in [3.05, 3.63) is 70.9 Å². The lowest BCUT2D eigenvalue weighted by Gasteiger charge is -2.29. The van der Waals surface area contributed by atoms with Crippen LogP contribution in [0.5, 0.6) is 0 Å². The van der Waals surface area contributed by atoms with Crippen LogP contribution in [-0.4, -0.2) is 32.9 Å². The van der Waals surface area contributed by atoms with Gasteiger partial charge in [0.15, 0.2) is 5.82 Å². The third-order valence-corrected chi connectivity index (χ3v) is 5.43. The molecule has 1 aliphatic rings. The van der Waals surface area contributed by atoms with Crippen LogP contribution in [0.25, 0.3) is 0 Å². The van der Waals surface area contributed by atoms with Crippen LogP contribution in [0.4, 0.5) is 11.5 Å². The number of carbonyl (C=O) groups excluding carboxylic acids is 2. The molecule has 3 aromatic rings. The van der Waals surface area contributed by atoms with Gasteiger partial charge in [0.05, 0.1) is 36.6 Å². The molecule has 1 aromatic carbocycles. The van der Waals surface area contributed by atoms with Crippen LogP contribution in [0.1, 0.15) is 33.1 Å². The summed E-state index contributed by atoms with van der Waals surface area (Å²) in [6.45, 7) is 4.85. The van der Waals surface area contributed by atoms with E-state index in [9.17, 15) is 9.59 Å². The van der Waals surface area contributed by atoms with E-state index in [-0.39, 0.29) is 18.4 Å². The minimum atomic E-state index is -0.263. The number of benzene rings is 1. The largest absolute Gasteiger partial charge is 0.359 e. The van der Waals surface area contributed by atoms with E-state index in [1.54, 1.807) is 11.0 Å². The molecule has 0 saturated heterocycles. The number of nitrogens with zero attached hydrogens (tertiary/aromatic N) is 4. The van der Waals surface area contributed by atoms with Crippen molar-refractivity contribution in [2.24, 2.45) is 7.05 Å². The summed E-state index contributed by atoms with van der Waals surface area (Å²) < 4.78 is 1.96. The van der Waals surface area contributed by atoms with Gasteiger partial charge in [0.1, 0.15) is 5.82 Å². The van der Waals surface area contributed by atoms with Gasteiger partial charge in [-0.3, -0.25) is 9.59 Å². The number of nitrogens with one attached hydrogen (secondary N) is 2. The van der Waals surface area contributed by atoms with E-state index in [2.05, 4.69) is 20.6 Å². The topological polar surface area (TPSA) is 92.2 Å². The number of hydrogen-bond donors (Lipinski definition) is 2. The second-order valence-electron chi connectivity index (χ2n) is 7.35. The van der Waals surface area contributed by atoms with E-state index < -0.39 is 0 Å². The molecule has 2 aromatic heterocycles. The Morgan fingerprint density at radius 1 is 1.23 bits per heavy atom. The monoisotopic (exact) mass is 404 g/mol. The van der Waals surface area contributed by atoms with Crippen molar-refractivity contribution in [3.8, 4) is 0 Å². The zero-order valence-electron chi connectivity index (χ0n) is 17.3. The van der Waals surface area contributed by atoms with Crippen molar-refractivity contribution in [1.29, 1.82) is 0 Å². The van der Waals surface area contributed by atoms with Crippen LogP contribution in [0, 0.1) is 13.8 Å². The molecule has 8 nitrogen and oxygen atoms in total. The second kappa shape index (κ2) is 7.98. The van der Waals surface area contributed by atoms with Gasteiger partial charge in [-0.15, -0.1) is 0 Å². The average molecular weight is 404 g/mol. The molecule has 154 valence electrons. The highest BCUT2D eigenvalue weighted by atomic mass is 16.2. The molecular weight excluding hydrogens is 380 g/mol. The summed E-state index contributed by atoms with van der Waals surface area (Å²) >= 11 is 0. The highest BCUT2D eigenvalue weighted by molar-refractivity contribution is 6.04. The first-order valence-corrected chi connectivity index (χ1v) is 9.79. The first-order valence-electron chi connectivity index (χ1n) is 9.79. The van der Waals surface area contributed by atoms with Crippen molar-refractivity contribution in [2.45, 2.75) is 26.9 Å². The number of imidazole rings is 1. The Kier molecular flexibility index (Phi) is 5.22. The van der Waals surface area contributed by atoms with Gasteiger partial charge < -0.3 is 20.1 Å².